The fourth-order valence-electron chi connectivity index (χ4n) is 1.56. The van der Waals surface area contributed by atoms with Crippen LogP contribution in [0.2, 0.25) is 0 Å². The lowest BCUT2D eigenvalue weighted by Gasteiger charge is -2.01. The van der Waals surface area contributed by atoms with E-state index in [1.165, 1.54) is 0 Å². The molecule has 0 bridgehead atoms. The second kappa shape index (κ2) is 3.90. The minimum Gasteiger partial charge on any atom is -0.393 e. The molecule has 0 aliphatic heterocycles. The first-order valence-corrected chi connectivity index (χ1v) is 5.69. The summed E-state index contributed by atoms with van der Waals surface area (Å²) in [5, 5.41) is 0. The fourth-order valence-corrected chi connectivity index (χ4v) is 2.04. The number of nitrogens with two attached hydrogens (primary N) is 1. The van der Waals surface area contributed by atoms with Crippen molar-refractivity contribution in [1.82, 2.24) is 9.38 Å². The molecule has 5 heteroatoms. The van der Waals surface area contributed by atoms with Crippen LogP contribution in [0, 0.1) is 6.92 Å². The molecule has 2 aromatic rings. The van der Waals surface area contributed by atoms with Gasteiger partial charge in [0.05, 0.1) is 16.4 Å². The van der Waals surface area contributed by atoms with Gasteiger partial charge in [0, 0.05) is 17.1 Å². The maximum absolute atomic E-state index is 5.56. The Morgan fingerprint density at radius 2 is 2.33 bits per heavy atom. The summed E-state index contributed by atoms with van der Waals surface area (Å²) in [7, 11) is 0. The van der Waals surface area contributed by atoms with Crippen LogP contribution in [0.1, 0.15) is 11.4 Å². The van der Waals surface area contributed by atoms with Gasteiger partial charge in [-0.2, -0.15) is 0 Å². The van der Waals surface area contributed by atoms with Gasteiger partial charge in [0.15, 0.2) is 0 Å². The number of imidazole rings is 1. The zero-order valence-corrected chi connectivity index (χ0v) is 10.6. The van der Waals surface area contributed by atoms with Gasteiger partial charge < -0.3 is 10.1 Å². The Morgan fingerprint density at radius 3 is 3.00 bits per heavy atom. The summed E-state index contributed by atoms with van der Waals surface area (Å²) in [5.74, 6) is 0. The van der Waals surface area contributed by atoms with E-state index < -0.39 is 0 Å². The minimum atomic E-state index is 0.486. The Morgan fingerprint density at radius 1 is 1.60 bits per heavy atom. The number of aryl methyl sites for hydroxylation is 1. The molecule has 2 N–H and O–H groups in total. The molecule has 2 aromatic heterocycles. The molecular formula is C10H10BrN3S. The molecule has 0 saturated heterocycles. The third-order valence-corrected chi connectivity index (χ3v) is 2.84. The summed E-state index contributed by atoms with van der Waals surface area (Å²) in [6.07, 6.45) is 2.56. The monoisotopic (exact) mass is 283 g/mol. The average molecular weight is 284 g/mol. The maximum atomic E-state index is 5.56. The number of hydrogen-bond acceptors (Lipinski definition) is 2. The SMILES string of the molecule is Cc1nc2ccc(Br)cn2c1CC(N)=S. The minimum absolute atomic E-state index is 0.486. The molecule has 2 heterocycles. The number of hydrogen-bond donors (Lipinski definition) is 1. The standard InChI is InChI=1S/C10H10BrN3S/c1-6-8(4-9(12)15)14-5-7(11)2-3-10(14)13-6/h2-3,5H,4H2,1H3,(H2,12,15). The number of nitrogens with zero attached hydrogens (tertiary/aromatic N) is 2. The Bertz CT molecular complexity index is 533. The molecule has 78 valence electrons. The quantitative estimate of drug-likeness (QED) is 0.860. The number of rotatable bonds is 2. The lowest BCUT2D eigenvalue weighted by atomic mass is 10.2. The van der Waals surface area contributed by atoms with Crippen LogP contribution < -0.4 is 5.73 Å². The van der Waals surface area contributed by atoms with Crippen LogP contribution in [0.25, 0.3) is 5.65 Å². The first-order chi connectivity index (χ1) is 7.08. The molecule has 0 atom stereocenters. The van der Waals surface area contributed by atoms with Crippen molar-refractivity contribution < 1.29 is 0 Å². The second-order valence-electron chi connectivity index (χ2n) is 3.36. The Balaban J connectivity index is 2.65. The molecule has 0 fully saturated rings. The largest absolute Gasteiger partial charge is 0.393 e. The van der Waals surface area contributed by atoms with Crippen LogP contribution >= 0.6 is 28.1 Å². The molecule has 0 unspecified atom stereocenters. The van der Waals surface area contributed by atoms with Gasteiger partial charge in [0.1, 0.15) is 5.65 Å². The molecule has 0 aromatic carbocycles. The number of pyridine rings is 1. The van der Waals surface area contributed by atoms with E-state index >= 15 is 0 Å². The lowest BCUT2D eigenvalue weighted by molar-refractivity contribution is 1.05. The van der Waals surface area contributed by atoms with Gasteiger partial charge in [-0.05, 0) is 35.0 Å². The third-order valence-electron chi connectivity index (χ3n) is 2.22. The fraction of sp³-hybridized carbons (Fsp3) is 0.200. The van der Waals surface area contributed by atoms with E-state index in [4.69, 9.17) is 18.0 Å². The number of aromatic nitrogens is 2. The normalized spacial score (nSPS) is 10.8. The van der Waals surface area contributed by atoms with Crippen LogP contribution in [0.15, 0.2) is 22.8 Å². The maximum Gasteiger partial charge on any atom is 0.137 e. The van der Waals surface area contributed by atoms with Crippen LogP contribution in [-0.2, 0) is 6.42 Å². The van der Waals surface area contributed by atoms with Gasteiger partial charge >= 0.3 is 0 Å². The smallest absolute Gasteiger partial charge is 0.137 e. The average Bonchev–Trinajstić information content (AvgIpc) is 2.43. The van der Waals surface area contributed by atoms with Crippen LogP contribution in [0.5, 0.6) is 0 Å². The van der Waals surface area contributed by atoms with Crippen molar-refractivity contribution in [2.24, 2.45) is 5.73 Å². The van der Waals surface area contributed by atoms with E-state index in [2.05, 4.69) is 20.9 Å². The molecule has 0 aliphatic rings. The van der Waals surface area contributed by atoms with Crippen molar-refractivity contribution >= 4 is 38.8 Å². The predicted octanol–water partition coefficient (Wildman–Crippen LogP) is 2.23. The van der Waals surface area contributed by atoms with Crippen molar-refractivity contribution in [3.63, 3.8) is 0 Å². The summed E-state index contributed by atoms with van der Waals surface area (Å²) >= 11 is 8.35. The van der Waals surface area contributed by atoms with Gasteiger partial charge in [-0.25, -0.2) is 4.98 Å². The molecule has 0 amide bonds. The molecule has 0 saturated carbocycles. The van der Waals surface area contributed by atoms with E-state index in [0.29, 0.717) is 11.4 Å². The third kappa shape index (κ3) is 2.03. The molecule has 0 aliphatic carbocycles. The van der Waals surface area contributed by atoms with Crippen LogP contribution in [0.4, 0.5) is 0 Å². The molecule has 0 spiro atoms. The van der Waals surface area contributed by atoms with E-state index in [9.17, 15) is 0 Å². The summed E-state index contributed by atoms with van der Waals surface area (Å²) in [6, 6.07) is 3.92. The molecule has 2 rings (SSSR count). The highest BCUT2D eigenvalue weighted by atomic mass is 79.9. The van der Waals surface area contributed by atoms with E-state index in [0.717, 1.165) is 21.5 Å². The Labute approximate surface area is 101 Å². The Hall–Kier alpha value is -0.940. The van der Waals surface area contributed by atoms with Gasteiger partial charge in [-0.15, -0.1) is 0 Å². The predicted molar refractivity (Wildman–Crippen MR) is 68.1 cm³/mol. The highest BCUT2D eigenvalue weighted by molar-refractivity contribution is 9.10. The zero-order chi connectivity index (χ0) is 11.0. The molecule has 0 radical (unpaired) electrons. The topological polar surface area (TPSA) is 43.3 Å². The first kappa shape index (κ1) is 10.6. The van der Waals surface area contributed by atoms with Crippen molar-refractivity contribution in [1.29, 1.82) is 0 Å². The van der Waals surface area contributed by atoms with E-state index in [1.54, 1.807) is 0 Å². The molecular weight excluding hydrogens is 274 g/mol. The van der Waals surface area contributed by atoms with Crippen molar-refractivity contribution in [3.8, 4) is 0 Å². The molecule has 15 heavy (non-hydrogen) atoms. The number of fused-ring (bicyclic) bond motifs is 1. The van der Waals surface area contributed by atoms with Crippen LogP contribution in [-0.4, -0.2) is 14.4 Å². The highest BCUT2D eigenvalue weighted by Crippen LogP contribution is 2.16. The zero-order valence-electron chi connectivity index (χ0n) is 8.20. The second-order valence-corrected chi connectivity index (χ2v) is 4.80. The van der Waals surface area contributed by atoms with Crippen LogP contribution in [0.3, 0.4) is 0 Å². The van der Waals surface area contributed by atoms with Crippen molar-refractivity contribution in [2.45, 2.75) is 13.3 Å². The summed E-state index contributed by atoms with van der Waals surface area (Å²) in [6.45, 7) is 1.97. The highest BCUT2D eigenvalue weighted by Gasteiger charge is 2.09. The van der Waals surface area contributed by atoms with Gasteiger partial charge in [-0.1, -0.05) is 12.2 Å². The lowest BCUT2D eigenvalue weighted by Crippen LogP contribution is -2.13. The van der Waals surface area contributed by atoms with Crippen molar-refractivity contribution in [3.05, 3.63) is 34.2 Å². The number of halogens is 1. The summed E-state index contributed by atoms with van der Waals surface area (Å²) < 4.78 is 3.02. The first-order valence-electron chi connectivity index (χ1n) is 4.49. The van der Waals surface area contributed by atoms with E-state index in [1.807, 2.05) is 29.7 Å². The summed E-state index contributed by atoms with van der Waals surface area (Å²) in [5.41, 5.74) is 8.51. The van der Waals surface area contributed by atoms with E-state index in [-0.39, 0.29) is 0 Å². The van der Waals surface area contributed by atoms with Gasteiger partial charge in [-0.3, -0.25) is 0 Å². The Kier molecular flexibility index (Phi) is 2.75. The molecule has 3 nitrogen and oxygen atoms in total. The van der Waals surface area contributed by atoms with Crippen molar-refractivity contribution in [2.75, 3.05) is 0 Å². The number of thiocarbonyl (C=S) groups is 1. The summed E-state index contributed by atoms with van der Waals surface area (Å²) in [4.78, 5) is 4.92. The van der Waals surface area contributed by atoms with Gasteiger partial charge in [0.2, 0.25) is 0 Å². The van der Waals surface area contributed by atoms with Gasteiger partial charge in [0.25, 0.3) is 0 Å².